The van der Waals surface area contributed by atoms with Crippen LogP contribution in [0.25, 0.3) is 0 Å². The molecule has 1 fully saturated rings. The Hall–Kier alpha value is -0.800. The number of hydrogen-bond acceptors (Lipinski definition) is 3. The fourth-order valence-electron chi connectivity index (χ4n) is 3.34. The molecule has 2 rings (SSSR count). The van der Waals surface area contributed by atoms with Crippen molar-refractivity contribution in [1.82, 2.24) is 10.2 Å². The monoisotopic (exact) mass is 292 g/mol. The van der Waals surface area contributed by atoms with Crippen LogP contribution in [0.3, 0.4) is 0 Å². The van der Waals surface area contributed by atoms with E-state index in [2.05, 4.69) is 51.0 Å². The summed E-state index contributed by atoms with van der Waals surface area (Å²) in [5.41, 5.74) is 1.34. The van der Waals surface area contributed by atoms with Gasteiger partial charge in [-0.3, -0.25) is 4.90 Å². The van der Waals surface area contributed by atoms with Gasteiger partial charge in [0.25, 0.3) is 0 Å². The molecule has 120 valence electrons. The number of nitrogens with zero attached hydrogens (tertiary/aromatic N) is 1. The molecule has 0 aromatic carbocycles. The summed E-state index contributed by atoms with van der Waals surface area (Å²) in [6, 6.07) is 3.46. The summed E-state index contributed by atoms with van der Waals surface area (Å²) in [4.78, 5) is 2.52. The van der Waals surface area contributed by atoms with Gasteiger partial charge in [0, 0.05) is 24.2 Å². The largest absolute Gasteiger partial charge is 0.465 e. The first-order valence-electron chi connectivity index (χ1n) is 8.47. The highest BCUT2D eigenvalue weighted by molar-refractivity contribution is 5.21. The fourth-order valence-corrected chi connectivity index (χ4v) is 3.34. The van der Waals surface area contributed by atoms with Crippen LogP contribution in [-0.4, -0.2) is 24.0 Å². The Kier molecular flexibility index (Phi) is 5.88. The van der Waals surface area contributed by atoms with E-state index in [0.29, 0.717) is 6.04 Å². The van der Waals surface area contributed by atoms with E-state index in [1.54, 1.807) is 0 Å². The van der Waals surface area contributed by atoms with Crippen molar-refractivity contribution in [2.24, 2.45) is 5.92 Å². The minimum absolute atomic E-state index is 0.491. The number of aryl methyl sites for hydroxylation is 1. The van der Waals surface area contributed by atoms with Crippen molar-refractivity contribution in [1.29, 1.82) is 0 Å². The highest BCUT2D eigenvalue weighted by Gasteiger charge is 2.23. The van der Waals surface area contributed by atoms with Crippen molar-refractivity contribution in [3.05, 3.63) is 23.2 Å². The number of hydrogen-bond donors (Lipinski definition) is 1. The molecule has 2 atom stereocenters. The van der Waals surface area contributed by atoms with E-state index >= 15 is 0 Å². The maximum Gasteiger partial charge on any atom is 0.118 e. The van der Waals surface area contributed by atoms with Gasteiger partial charge in [0.1, 0.15) is 11.5 Å². The molecule has 1 heterocycles. The molecule has 1 saturated carbocycles. The second-order valence-electron chi connectivity index (χ2n) is 7.17. The third-order valence-corrected chi connectivity index (χ3v) is 4.71. The van der Waals surface area contributed by atoms with E-state index < -0.39 is 0 Å². The summed E-state index contributed by atoms with van der Waals surface area (Å²) in [5.74, 6) is 3.01. The topological polar surface area (TPSA) is 28.4 Å². The van der Waals surface area contributed by atoms with Crippen molar-refractivity contribution in [2.45, 2.75) is 78.6 Å². The SMILES string of the molecule is Cc1oc(CNC(C)C)cc1CN(C)C1CCCC(C)C1. The van der Waals surface area contributed by atoms with Crippen molar-refractivity contribution < 1.29 is 4.42 Å². The summed E-state index contributed by atoms with van der Waals surface area (Å²) in [6.45, 7) is 10.6. The molecule has 0 spiro atoms. The summed E-state index contributed by atoms with van der Waals surface area (Å²) in [7, 11) is 2.27. The Morgan fingerprint density at radius 2 is 2.14 bits per heavy atom. The van der Waals surface area contributed by atoms with Gasteiger partial charge >= 0.3 is 0 Å². The van der Waals surface area contributed by atoms with Gasteiger partial charge in [-0.1, -0.05) is 33.6 Å². The van der Waals surface area contributed by atoms with Crippen LogP contribution in [0.5, 0.6) is 0 Å². The van der Waals surface area contributed by atoms with Crippen LogP contribution in [-0.2, 0) is 13.1 Å². The maximum atomic E-state index is 5.89. The predicted molar refractivity (Wildman–Crippen MR) is 88.3 cm³/mol. The normalized spacial score (nSPS) is 23.2. The lowest BCUT2D eigenvalue weighted by Crippen LogP contribution is -2.35. The smallest absolute Gasteiger partial charge is 0.118 e. The highest BCUT2D eigenvalue weighted by Crippen LogP contribution is 2.28. The molecule has 3 nitrogen and oxygen atoms in total. The zero-order chi connectivity index (χ0) is 15.4. The zero-order valence-electron chi connectivity index (χ0n) is 14.4. The van der Waals surface area contributed by atoms with E-state index in [1.807, 2.05) is 0 Å². The molecule has 1 N–H and O–H groups in total. The molecule has 1 aliphatic carbocycles. The quantitative estimate of drug-likeness (QED) is 0.856. The Morgan fingerprint density at radius 1 is 1.38 bits per heavy atom. The molecule has 21 heavy (non-hydrogen) atoms. The third kappa shape index (κ3) is 4.86. The van der Waals surface area contributed by atoms with Crippen molar-refractivity contribution in [3.63, 3.8) is 0 Å². The van der Waals surface area contributed by atoms with E-state index in [-0.39, 0.29) is 0 Å². The summed E-state index contributed by atoms with van der Waals surface area (Å²) < 4.78 is 5.89. The molecule has 0 aliphatic heterocycles. The minimum atomic E-state index is 0.491. The third-order valence-electron chi connectivity index (χ3n) is 4.71. The van der Waals surface area contributed by atoms with Gasteiger partial charge in [0.2, 0.25) is 0 Å². The van der Waals surface area contributed by atoms with E-state index in [1.165, 1.54) is 31.2 Å². The van der Waals surface area contributed by atoms with E-state index in [0.717, 1.165) is 36.6 Å². The summed E-state index contributed by atoms with van der Waals surface area (Å²) >= 11 is 0. The van der Waals surface area contributed by atoms with Crippen molar-refractivity contribution in [2.75, 3.05) is 7.05 Å². The molecule has 1 aliphatic rings. The number of rotatable bonds is 6. The first-order chi connectivity index (χ1) is 9.95. The van der Waals surface area contributed by atoms with Gasteiger partial charge in [-0.2, -0.15) is 0 Å². The lowest BCUT2D eigenvalue weighted by molar-refractivity contribution is 0.157. The van der Waals surface area contributed by atoms with E-state index in [9.17, 15) is 0 Å². The summed E-state index contributed by atoms with van der Waals surface area (Å²) in [6.07, 6.45) is 5.47. The molecule has 3 heteroatoms. The van der Waals surface area contributed by atoms with Crippen LogP contribution < -0.4 is 5.32 Å². The molecule has 0 saturated heterocycles. The second kappa shape index (κ2) is 7.46. The van der Waals surface area contributed by atoms with Crippen LogP contribution in [0.2, 0.25) is 0 Å². The van der Waals surface area contributed by atoms with Crippen molar-refractivity contribution >= 4 is 0 Å². The molecule has 2 unspecified atom stereocenters. The standard InChI is InChI=1S/C18H32N2O/c1-13(2)19-11-18-10-16(15(4)21-18)12-20(5)17-8-6-7-14(3)9-17/h10,13-14,17,19H,6-9,11-12H2,1-5H3. The van der Waals surface area contributed by atoms with Crippen molar-refractivity contribution in [3.8, 4) is 0 Å². The lowest BCUT2D eigenvalue weighted by Gasteiger charge is -2.34. The van der Waals surface area contributed by atoms with Crippen LogP contribution >= 0.6 is 0 Å². The zero-order valence-corrected chi connectivity index (χ0v) is 14.4. The van der Waals surface area contributed by atoms with Gasteiger partial charge in [-0.15, -0.1) is 0 Å². The van der Waals surface area contributed by atoms with Crippen LogP contribution in [0, 0.1) is 12.8 Å². The summed E-state index contributed by atoms with van der Waals surface area (Å²) in [5, 5.41) is 3.42. The number of nitrogens with one attached hydrogen (secondary N) is 1. The average molecular weight is 292 g/mol. The molecular formula is C18H32N2O. The van der Waals surface area contributed by atoms with Gasteiger partial charge < -0.3 is 9.73 Å². The number of furan rings is 1. The lowest BCUT2D eigenvalue weighted by atomic mass is 9.86. The highest BCUT2D eigenvalue weighted by atomic mass is 16.3. The van der Waals surface area contributed by atoms with Gasteiger partial charge in [0.15, 0.2) is 0 Å². The van der Waals surface area contributed by atoms with E-state index in [4.69, 9.17) is 4.42 Å². The minimum Gasteiger partial charge on any atom is -0.465 e. The molecular weight excluding hydrogens is 260 g/mol. The Balaban J connectivity index is 1.92. The van der Waals surface area contributed by atoms with Gasteiger partial charge in [-0.25, -0.2) is 0 Å². The van der Waals surface area contributed by atoms with Crippen LogP contribution in [0.1, 0.15) is 63.5 Å². The Morgan fingerprint density at radius 3 is 2.81 bits per heavy atom. The Bertz CT molecular complexity index is 438. The maximum absolute atomic E-state index is 5.89. The molecule has 1 aromatic rings. The molecule has 0 amide bonds. The fraction of sp³-hybridized carbons (Fsp3) is 0.778. The van der Waals surface area contributed by atoms with Gasteiger partial charge in [-0.05, 0) is 38.8 Å². The van der Waals surface area contributed by atoms with Crippen LogP contribution in [0.15, 0.2) is 10.5 Å². The first kappa shape index (κ1) is 16.6. The first-order valence-corrected chi connectivity index (χ1v) is 8.47. The molecule has 1 aromatic heterocycles. The predicted octanol–water partition coefficient (Wildman–Crippen LogP) is 4.10. The second-order valence-corrected chi connectivity index (χ2v) is 7.17. The molecule has 0 bridgehead atoms. The van der Waals surface area contributed by atoms with Gasteiger partial charge in [0.05, 0.1) is 6.54 Å². The molecule has 0 radical (unpaired) electrons. The average Bonchev–Trinajstić information content (AvgIpc) is 2.77. The Labute approximate surface area is 130 Å². The van der Waals surface area contributed by atoms with Crippen LogP contribution in [0.4, 0.5) is 0 Å².